The van der Waals surface area contributed by atoms with E-state index in [4.69, 9.17) is 10.8 Å². The molecule has 0 atom stereocenters. The molecule has 3 rings (SSSR count). The molecule has 0 spiro atoms. The number of fused-ring (bicyclic) bond motifs is 1. The van der Waals surface area contributed by atoms with Gasteiger partial charge >= 0.3 is 5.97 Å². The fourth-order valence-electron chi connectivity index (χ4n) is 2.63. The number of carbonyl (C=O) groups is 3. The zero-order valence-electron chi connectivity index (χ0n) is 13.2. The van der Waals surface area contributed by atoms with Gasteiger partial charge in [-0.05, 0) is 23.1 Å². The molecule has 0 fully saturated rings. The van der Waals surface area contributed by atoms with Crippen LogP contribution in [-0.4, -0.2) is 22.8 Å². The lowest BCUT2D eigenvalue weighted by Gasteiger charge is -2.00. The van der Waals surface area contributed by atoms with E-state index < -0.39 is 11.9 Å². The van der Waals surface area contributed by atoms with Gasteiger partial charge in [-0.25, -0.2) is 0 Å². The highest BCUT2D eigenvalue weighted by atomic mass is 32.1. The molecule has 0 radical (unpaired) electrons. The lowest BCUT2D eigenvalue weighted by atomic mass is 10.0. The molecule has 0 aliphatic rings. The number of nitrogens with two attached hydrogens (primary N) is 1. The number of carboxylic acid groups (broad SMARTS) is 1. The van der Waals surface area contributed by atoms with Gasteiger partial charge in [0.1, 0.15) is 0 Å². The van der Waals surface area contributed by atoms with Crippen molar-refractivity contribution in [1.82, 2.24) is 0 Å². The quantitative estimate of drug-likeness (QED) is 0.617. The van der Waals surface area contributed by atoms with Crippen LogP contribution in [0.25, 0.3) is 20.5 Å². The normalized spacial score (nSPS) is 10.9. The number of aliphatic carboxylic acids is 1. The van der Waals surface area contributed by atoms with Crippen molar-refractivity contribution in [3.8, 4) is 10.4 Å². The van der Waals surface area contributed by atoms with Gasteiger partial charge in [0, 0.05) is 26.9 Å². The Morgan fingerprint density at radius 1 is 1.12 bits per heavy atom. The Labute approximate surface area is 151 Å². The van der Waals surface area contributed by atoms with Crippen LogP contribution in [0, 0.1) is 0 Å². The van der Waals surface area contributed by atoms with Crippen molar-refractivity contribution in [2.75, 3.05) is 0 Å². The van der Waals surface area contributed by atoms with Crippen LogP contribution >= 0.6 is 22.7 Å². The Hall–Kier alpha value is -2.51. The number of hydrogen-bond acceptors (Lipinski definition) is 5. The van der Waals surface area contributed by atoms with Crippen LogP contribution in [0.2, 0.25) is 0 Å². The van der Waals surface area contributed by atoms with E-state index in [-0.39, 0.29) is 25.0 Å². The largest absolute Gasteiger partial charge is 0.481 e. The molecule has 1 aromatic carbocycles. The Kier molecular flexibility index (Phi) is 4.96. The topological polar surface area (TPSA) is 97.5 Å². The number of ketones is 1. The van der Waals surface area contributed by atoms with Crippen molar-refractivity contribution >= 4 is 50.4 Å². The second-order valence-corrected chi connectivity index (χ2v) is 7.53. The molecule has 0 aliphatic carbocycles. The van der Waals surface area contributed by atoms with Gasteiger partial charge in [0.2, 0.25) is 5.91 Å². The number of amides is 1. The van der Waals surface area contributed by atoms with Crippen LogP contribution in [-0.2, 0) is 16.0 Å². The molecule has 3 aromatic rings. The third-order valence-electron chi connectivity index (χ3n) is 3.75. The van der Waals surface area contributed by atoms with Crippen LogP contribution in [0.3, 0.4) is 0 Å². The zero-order chi connectivity index (χ0) is 18.0. The molecule has 0 aliphatic heterocycles. The first-order valence-corrected chi connectivity index (χ1v) is 9.28. The first-order valence-electron chi connectivity index (χ1n) is 7.58. The minimum atomic E-state index is -0.988. The van der Waals surface area contributed by atoms with E-state index >= 15 is 0 Å². The van der Waals surface area contributed by atoms with Crippen LogP contribution in [0.15, 0.2) is 35.7 Å². The summed E-state index contributed by atoms with van der Waals surface area (Å²) in [6.45, 7) is 0. The molecule has 128 valence electrons. The Balaban J connectivity index is 1.98. The SMILES string of the molecule is NC(=O)Cc1c(-c2csc(C(=O)CCC(=O)O)c2)sc2ccccc12. The van der Waals surface area contributed by atoms with Crippen molar-refractivity contribution < 1.29 is 19.5 Å². The van der Waals surface area contributed by atoms with E-state index in [0.717, 1.165) is 26.1 Å². The summed E-state index contributed by atoms with van der Waals surface area (Å²) < 4.78 is 1.05. The highest BCUT2D eigenvalue weighted by Crippen LogP contribution is 2.40. The smallest absolute Gasteiger partial charge is 0.303 e. The summed E-state index contributed by atoms with van der Waals surface area (Å²) in [7, 11) is 0. The van der Waals surface area contributed by atoms with Crippen molar-refractivity contribution in [2.45, 2.75) is 19.3 Å². The predicted octanol–water partition coefficient (Wildman–Crippen LogP) is 3.71. The summed E-state index contributed by atoms with van der Waals surface area (Å²) in [6.07, 6.45) is -0.0603. The molecule has 3 N–H and O–H groups in total. The van der Waals surface area contributed by atoms with Crippen LogP contribution < -0.4 is 5.73 Å². The highest BCUT2D eigenvalue weighted by molar-refractivity contribution is 7.23. The van der Waals surface area contributed by atoms with Crippen molar-refractivity contribution in [2.24, 2.45) is 5.73 Å². The van der Waals surface area contributed by atoms with Crippen molar-refractivity contribution in [3.63, 3.8) is 0 Å². The third kappa shape index (κ3) is 3.78. The summed E-state index contributed by atoms with van der Waals surface area (Å²) >= 11 is 2.85. The molecule has 0 bridgehead atoms. The third-order valence-corrected chi connectivity index (χ3v) is 5.99. The minimum Gasteiger partial charge on any atom is -0.481 e. The number of carbonyl (C=O) groups excluding carboxylic acids is 2. The monoisotopic (exact) mass is 373 g/mol. The summed E-state index contributed by atoms with van der Waals surface area (Å²) in [5, 5.41) is 11.6. The zero-order valence-corrected chi connectivity index (χ0v) is 14.8. The second kappa shape index (κ2) is 7.16. The lowest BCUT2D eigenvalue weighted by molar-refractivity contribution is -0.137. The minimum absolute atomic E-state index is 0.0180. The number of rotatable bonds is 7. The van der Waals surface area contributed by atoms with E-state index in [9.17, 15) is 14.4 Å². The van der Waals surface area contributed by atoms with E-state index in [2.05, 4.69) is 0 Å². The standard InChI is InChI=1S/C18H15NO4S2/c19-16(21)8-12-11-3-1-2-4-14(11)25-18(12)10-7-15(24-9-10)13(20)5-6-17(22)23/h1-4,7,9H,5-6,8H2,(H2,19,21)(H,22,23). The Bertz CT molecular complexity index is 971. The molecule has 0 saturated heterocycles. The molecule has 5 nitrogen and oxygen atoms in total. The maximum atomic E-state index is 12.1. The maximum Gasteiger partial charge on any atom is 0.303 e. The van der Waals surface area contributed by atoms with Gasteiger partial charge in [-0.15, -0.1) is 22.7 Å². The summed E-state index contributed by atoms with van der Waals surface area (Å²) in [6, 6.07) is 9.56. The van der Waals surface area contributed by atoms with E-state index in [1.54, 1.807) is 17.4 Å². The van der Waals surface area contributed by atoms with Gasteiger partial charge in [-0.1, -0.05) is 18.2 Å². The number of benzene rings is 1. The number of Topliss-reactive ketones (excluding diaryl/α,β-unsaturated/α-hetero) is 1. The molecule has 2 heterocycles. The van der Waals surface area contributed by atoms with Gasteiger partial charge in [-0.2, -0.15) is 0 Å². The van der Waals surface area contributed by atoms with Gasteiger partial charge < -0.3 is 10.8 Å². The fourth-order valence-corrected chi connectivity index (χ4v) is 4.78. The van der Waals surface area contributed by atoms with Crippen molar-refractivity contribution in [1.29, 1.82) is 0 Å². The summed E-state index contributed by atoms with van der Waals surface area (Å²) in [4.78, 5) is 35.6. The van der Waals surface area contributed by atoms with Gasteiger partial charge in [0.15, 0.2) is 5.78 Å². The van der Waals surface area contributed by atoms with Gasteiger partial charge in [-0.3, -0.25) is 14.4 Å². The molecule has 2 aromatic heterocycles. The Morgan fingerprint density at radius 2 is 1.88 bits per heavy atom. The summed E-state index contributed by atoms with van der Waals surface area (Å²) in [5.41, 5.74) is 7.13. The molecular weight excluding hydrogens is 358 g/mol. The molecule has 1 amide bonds. The first kappa shape index (κ1) is 17.3. The van der Waals surface area contributed by atoms with Crippen LogP contribution in [0.5, 0.6) is 0 Å². The molecular formula is C18H15NO4S2. The highest BCUT2D eigenvalue weighted by Gasteiger charge is 2.18. The maximum absolute atomic E-state index is 12.1. The van der Waals surface area contributed by atoms with Gasteiger partial charge in [0.25, 0.3) is 0 Å². The lowest BCUT2D eigenvalue weighted by Crippen LogP contribution is -2.13. The second-order valence-electron chi connectivity index (χ2n) is 5.57. The van der Waals surface area contributed by atoms with Crippen molar-refractivity contribution in [3.05, 3.63) is 46.2 Å². The average molecular weight is 373 g/mol. The van der Waals surface area contributed by atoms with Gasteiger partial charge in [0.05, 0.1) is 17.7 Å². The first-order chi connectivity index (χ1) is 12.0. The van der Waals surface area contributed by atoms with E-state index in [0.29, 0.717) is 4.88 Å². The van der Waals surface area contributed by atoms with Crippen LogP contribution in [0.1, 0.15) is 28.1 Å². The number of carboxylic acids is 1. The van der Waals surface area contributed by atoms with E-state index in [1.165, 1.54) is 11.3 Å². The molecule has 0 unspecified atom stereocenters. The summed E-state index contributed by atoms with van der Waals surface area (Å²) in [5.74, 6) is -1.58. The number of primary amides is 1. The fraction of sp³-hybridized carbons (Fsp3) is 0.167. The van der Waals surface area contributed by atoms with E-state index in [1.807, 2.05) is 29.6 Å². The molecule has 25 heavy (non-hydrogen) atoms. The van der Waals surface area contributed by atoms with Crippen LogP contribution in [0.4, 0.5) is 0 Å². The molecule has 7 heteroatoms. The molecule has 0 saturated carbocycles. The Morgan fingerprint density at radius 3 is 2.60 bits per heavy atom. The average Bonchev–Trinajstić information content (AvgIpc) is 3.17. The number of thiophene rings is 2. The number of hydrogen-bond donors (Lipinski definition) is 2. The predicted molar refractivity (Wildman–Crippen MR) is 99.2 cm³/mol.